The number of nitrogens with one attached hydrogen (secondary N) is 1. The zero-order valence-electron chi connectivity index (χ0n) is 69.5. The summed E-state index contributed by atoms with van der Waals surface area (Å²) < 4.78 is 91.4. The molecule has 4 amide bonds. The molecule has 7 N–H and O–H groups in total. The average Bonchev–Trinajstić information content (AvgIpc) is 0.820. The van der Waals surface area contributed by atoms with Crippen LogP contribution < -0.4 is 22.5 Å². The van der Waals surface area contributed by atoms with Gasteiger partial charge in [-0.25, -0.2) is 19.2 Å². The fraction of sp³-hybridized carbons (Fsp3) is 0.840. The number of esters is 9. The summed E-state index contributed by atoms with van der Waals surface area (Å²) in [6.07, 6.45) is 14.8. The molecule has 3 rings (SSSR count). The zero-order chi connectivity index (χ0) is 84.5. The Hall–Kier alpha value is -7.59. The number of carbonyl (C=O) groups excluding carboxylic acids is 13. The summed E-state index contributed by atoms with van der Waals surface area (Å²) in [5.74, 6) is -14.9. The normalized spacial score (nSPS) is 18.7. The molecule has 33 nitrogen and oxygen atoms in total. The fourth-order valence-corrected chi connectivity index (χ4v) is 16.8. The summed E-state index contributed by atoms with van der Waals surface area (Å²) in [7, 11) is -3.21. The molecule has 115 heavy (non-hydrogen) atoms. The van der Waals surface area contributed by atoms with Gasteiger partial charge in [0.25, 0.3) is 0 Å². The first-order valence-corrected chi connectivity index (χ1v) is 44.5. The van der Waals surface area contributed by atoms with Crippen molar-refractivity contribution >= 4 is 86.9 Å². The molecule has 3 saturated carbocycles. The van der Waals surface area contributed by atoms with Crippen molar-refractivity contribution in [2.45, 2.75) is 303 Å². The lowest BCUT2D eigenvalue weighted by atomic mass is 9.79. The number of unbranched alkanes of at least 4 members (excludes halogenated alkanes) is 18. The number of carbonyl (C=O) groups is 13. The summed E-state index contributed by atoms with van der Waals surface area (Å²) in [5, 5.41) is 2.68. The summed E-state index contributed by atoms with van der Waals surface area (Å²) in [6.45, 7) is 5.77. The number of hydrogen-bond acceptors (Lipinski definition) is 29. The van der Waals surface area contributed by atoms with Gasteiger partial charge >= 0.3 is 86.9 Å². The Bertz CT molecular complexity index is 2600. The maximum absolute atomic E-state index is 14.9. The van der Waals surface area contributed by atoms with Gasteiger partial charge in [-0.1, -0.05) is 175 Å². The lowest BCUT2D eigenvalue weighted by Crippen LogP contribution is -2.48. The molecule has 34 heteroatoms. The minimum Gasteiger partial charge on any atom is -0.464 e. The molecule has 9 atom stereocenters. The van der Waals surface area contributed by atoms with E-state index in [0.717, 1.165) is 116 Å². The minimum absolute atomic E-state index is 0.0180. The van der Waals surface area contributed by atoms with Crippen LogP contribution >= 0.6 is 0 Å². The van der Waals surface area contributed by atoms with E-state index in [2.05, 4.69) is 26.1 Å². The van der Waals surface area contributed by atoms with Crippen LogP contribution in [0, 0.1) is 40.9 Å². The molecule has 0 heterocycles. The molecule has 660 valence electrons. The zero-order valence-corrected chi connectivity index (χ0v) is 70.5. The summed E-state index contributed by atoms with van der Waals surface area (Å²) in [6, 6.07) is 0.285. The summed E-state index contributed by atoms with van der Waals surface area (Å²) in [4.78, 5) is 176. The standard InChI is InChI=1S/C81H138N4O29Si/c1-7-13-16-19-22-25-28-44-68(86)99-49-59(52-102-77(82)95)112-74(92)65-41-34-31-38-62(65)71(89)105-55-81(58-108-80(98)85-47-37-48-115(109-10-4,110-11-5)111-12-6,56-106-72(90)63-39-32-35-42-66(63)75(93)113-60(53-103-78(83)96)50-100-69(87)45-29-26-23-20-17-14-8-2)57-107-73(91)64-40-33-36-43-67(64)76(94)114-61(54-104-79(84)97)51-101-70(88)46-30-27-24-21-18-15-9-3/h59-67H,7-58H2,1-6H3,(H2,82,95)(H2,83,96)(H2,84,97)(H,85,98). The second-order valence-electron chi connectivity index (χ2n) is 30.1. The second-order valence-corrected chi connectivity index (χ2v) is 32.9. The van der Waals surface area contributed by atoms with E-state index in [4.69, 9.17) is 92.1 Å². The highest BCUT2D eigenvalue weighted by molar-refractivity contribution is 6.60. The SMILES string of the molecule is CCCCCCCCCC(=O)OCC(COC(N)=O)OC(=O)C1CCCCC1C(=O)OCC(COC(=O)NCCC[Si](OCC)(OCC)OCC)(COC(=O)C1CCCCC1C(=O)OC(COC(N)=O)COC(=O)CCCCCCCCC)COC(=O)C1CCCCC1C(=O)OC(COC(N)=O)COC(=O)CCCCCCCCC. The Morgan fingerprint density at radius 2 is 0.574 bits per heavy atom. The average molecular weight is 1660 g/mol. The van der Waals surface area contributed by atoms with Gasteiger partial charge in [-0.2, -0.15) is 0 Å². The first kappa shape index (κ1) is 102. The number of primary amides is 3. The summed E-state index contributed by atoms with van der Waals surface area (Å²) in [5.41, 5.74) is 13.8. The Morgan fingerprint density at radius 1 is 0.322 bits per heavy atom. The van der Waals surface area contributed by atoms with Gasteiger partial charge in [0.15, 0.2) is 18.3 Å². The van der Waals surface area contributed by atoms with Crippen molar-refractivity contribution in [3.05, 3.63) is 0 Å². The van der Waals surface area contributed by atoms with E-state index in [-0.39, 0.29) is 96.6 Å². The number of rotatable bonds is 63. The molecule has 0 radical (unpaired) electrons. The molecule has 0 aromatic carbocycles. The van der Waals surface area contributed by atoms with Crippen LogP contribution in [0.25, 0.3) is 0 Å². The summed E-state index contributed by atoms with van der Waals surface area (Å²) >= 11 is 0. The maximum atomic E-state index is 14.9. The second kappa shape index (κ2) is 60.8. The number of hydrogen-bond donors (Lipinski definition) is 4. The van der Waals surface area contributed by atoms with Gasteiger partial charge in [0, 0.05) is 51.7 Å². The van der Waals surface area contributed by atoms with Gasteiger partial charge in [0.1, 0.15) is 71.5 Å². The molecule has 0 aromatic rings. The van der Waals surface area contributed by atoms with E-state index in [0.29, 0.717) is 57.8 Å². The van der Waals surface area contributed by atoms with Gasteiger partial charge in [-0.05, 0) is 85.0 Å². The molecule has 3 aliphatic carbocycles. The maximum Gasteiger partial charge on any atom is 0.500 e. The van der Waals surface area contributed by atoms with Crippen molar-refractivity contribution in [2.75, 3.05) is 92.4 Å². The van der Waals surface area contributed by atoms with Crippen molar-refractivity contribution in [1.82, 2.24) is 5.32 Å². The molecule has 9 unspecified atom stereocenters. The molecule has 0 aromatic heterocycles. The van der Waals surface area contributed by atoms with E-state index in [1.807, 2.05) is 0 Å². The quantitative estimate of drug-likeness (QED) is 0.0190. The van der Waals surface area contributed by atoms with Crippen LogP contribution in [0.1, 0.15) is 279 Å². The van der Waals surface area contributed by atoms with E-state index < -0.39 is 212 Å². The minimum atomic E-state index is -3.21. The number of ether oxygens (including phenoxy) is 13. The predicted octanol–water partition coefficient (Wildman–Crippen LogP) is 12.3. The third-order valence-corrected chi connectivity index (χ3v) is 23.7. The monoisotopic (exact) mass is 1660 g/mol. The van der Waals surface area contributed by atoms with Gasteiger partial charge in [0.05, 0.1) is 35.5 Å². The van der Waals surface area contributed by atoms with E-state index in [1.54, 1.807) is 20.8 Å². The van der Waals surface area contributed by atoms with Gasteiger partial charge in [-0.3, -0.25) is 43.2 Å². The van der Waals surface area contributed by atoms with E-state index in [1.165, 1.54) is 0 Å². The molecular formula is C81H138N4O29Si. The molecular weight excluding hydrogens is 1520 g/mol. The molecule has 3 aliphatic rings. The topological polar surface area (TPSA) is 460 Å². The van der Waals surface area contributed by atoms with Crippen LogP contribution in [0.15, 0.2) is 0 Å². The van der Waals surface area contributed by atoms with Crippen molar-refractivity contribution in [2.24, 2.45) is 58.1 Å². The molecule has 0 aliphatic heterocycles. The van der Waals surface area contributed by atoms with Gasteiger partial charge in [-0.15, -0.1) is 0 Å². The van der Waals surface area contributed by atoms with Gasteiger partial charge in [0.2, 0.25) is 0 Å². The Labute approximate surface area is 680 Å². The highest BCUT2D eigenvalue weighted by atomic mass is 28.4. The van der Waals surface area contributed by atoms with Crippen LogP contribution in [-0.4, -0.2) is 198 Å². The largest absolute Gasteiger partial charge is 0.500 e. The molecule has 3 fully saturated rings. The number of alkyl carbamates (subject to hydrolysis) is 1. The van der Waals surface area contributed by atoms with Crippen molar-refractivity contribution in [3.8, 4) is 0 Å². The van der Waals surface area contributed by atoms with Crippen molar-refractivity contribution in [3.63, 3.8) is 0 Å². The number of amides is 4. The first-order chi connectivity index (χ1) is 55.4. The van der Waals surface area contributed by atoms with Crippen LogP contribution in [0.4, 0.5) is 19.2 Å². The Kier molecular flexibility index (Phi) is 53.7. The Morgan fingerprint density at radius 3 is 0.843 bits per heavy atom. The van der Waals surface area contributed by atoms with E-state index in [9.17, 15) is 62.3 Å². The Balaban J connectivity index is 2.12. The highest BCUT2D eigenvalue weighted by Crippen LogP contribution is 2.38. The molecule has 0 bridgehead atoms. The first-order valence-electron chi connectivity index (χ1n) is 42.6. The van der Waals surface area contributed by atoms with Gasteiger partial charge < -0.3 is 97.4 Å². The molecule has 0 saturated heterocycles. The van der Waals surface area contributed by atoms with Crippen LogP contribution in [0.5, 0.6) is 0 Å². The smallest absolute Gasteiger partial charge is 0.464 e. The third kappa shape index (κ3) is 44.0. The van der Waals surface area contributed by atoms with E-state index >= 15 is 0 Å². The predicted molar refractivity (Wildman–Crippen MR) is 418 cm³/mol. The highest BCUT2D eigenvalue weighted by Gasteiger charge is 2.47. The lowest BCUT2D eigenvalue weighted by Gasteiger charge is -2.36. The van der Waals surface area contributed by atoms with Crippen LogP contribution in [-0.2, 0) is 118 Å². The van der Waals surface area contributed by atoms with Crippen molar-refractivity contribution < 1.29 is 137 Å². The lowest BCUT2D eigenvalue weighted by molar-refractivity contribution is -0.181. The number of nitrogens with two attached hydrogens (primary N) is 3. The van der Waals surface area contributed by atoms with Crippen LogP contribution in [0.2, 0.25) is 6.04 Å². The van der Waals surface area contributed by atoms with Crippen molar-refractivity contribution in [1.29, 1.82) is 0 Å². The van der Waals surface area contributed by atoms with Crippen LogP contribution in [0.3, 0.4) is 0 Å². The fourth-order valence-electron chi connectivity index (χ4n) is 14.2. The molecule has 0 spiro atoms. The third-order valence-electron chi connectivity index (χ3n) is 20.5.